The molecule has 0 radical (unpaired) electrons. The van der Waals surface area contributed by atoms with Crippen LogP contribution < -0.4 is 15.2 Å². The van der Waals surface area contributed by atoms with Crippen molar-refractivity contribution in [1.29, 1.82) is 0 Å². The van der Waals surface area contributed by atoms with Crippen molar-refractivity contribution in [2.75, 3.05) is 20.9 Å². The summed E-state index contributed by atoms with van der Waals surface area (Å²) in [6.45, 7) is 0.0350. The average Bonchev–Trinajstić information content (AvgIpc) is 3.38. The van der Waals surface area contributed by atoms with Crippen molar-refractivity contribution in [3.8, 4) is 17.2 Å². The normalized spacial score (nSPS) is 34.8. The number of Topliss-reactive ketones (excluding diaryl/α,β-unsaturated/α-hetero) is 3. The van der Waals surface area contributed by atoms with E-state index in [1.807, 2.05) is 0 Å². The van der Waals surface area contributed by atoms with Gasteiger partial charge in [0.15, 0.2) is 34.4 Å². The third-order valence-electron chi connectivity index (χ3n) is 8.82. The largest absolute Gasteiger partial charge is 0.507 e. The number of primary amides is 1. The van der Waals surface area contributed by atoms with E-state index in [0.29, 0.717) is 22.6 Å². The molecule has 2 aromatic rings. The third-order valence-corrected chi connectivity index (χ3v) is 8.82. The molecule has 2 saturated carbocycles. The highest BCUT2D eigenvalue weighted by atomic mass is 16.7. The van der Waals surface area contributed by atoms with E-state index in [1.165, 1.54) is 31.1 Å². The Hall–Kier alpha value is -4.10. The van der Waals surface area contributed by atoms with Gasteiger partial charge in [-0.25, -0.2) is 0 Å². The number of likely N-dealkylation sites (N-methyl/N-ethyl adjacent to an activating group) is 1. The molecule has 1 heterocycles. The zero-order chi connectivity index (χ0) is 29.5. The Labute approximate surface area is 233 Å². The number of carbonyl (C=O) groups is 4. The summed E-state index contributed by atoms with van der Waals surface area (Å²) in [4.78, 5) is 55.3. The van der Waals surface area contributed by atoms with Gasteiger partial charge in [0.25, 0.3) is 0 Å². The molecule has 6 N–H and O–H groups in total. The molecule has 4 aliphatic rings. The maximum absolute atomic E-state index is 14.2. The Morgan fingerprint density at radius 2 is 1.76 bits per heavy atom. The molecule has 0 bridgehead atoms. The Balaban J connectivity index is 1.59. The molecular weight excluding hydrogens is 536 g/mol. The molecule has 12 nitrogen and oxygen atoms in total. The molecule has 1 aliphatic heterocycles. The number of phenolic OH excluding ortho intramolecular Hbond substituents is 1. The molecule has 0 saturated heterocycles. The number of nitrogens with two attached hydrogens (primary N) is 1. The van der Waals surface area contributed by atoms with Crippen LogP contribution in [0.15, 0.2) is 36.4 Å². The smallest absolute Gasteiger partial charge is 0.231 e. The number of amides is 1. The number of aliphatic hydroxyl groups is 3. The van der Waals surface area contributed by atoms with Crippen molar-refractivity contribution in [3.05, 3.63) is 53.1 Å². The molecule has 12 heteroatoms. The minimum absolute atomic E-state index is 0.0350. The number of hydrogen-bond donors (Lipinski definition) is 5. The number of nitrogens with zero attached hydrogens (tertiary/aromatic N) is 1. The predicted octanol–water partition coefficient (Wildman–Crippen LogP) is -0.644. The molecule has 8 atom stereocenters. The third kappa shape index (κ3) is 3.61. The minimum atomic E-state index is -3.02. The average molecular weight is 565 g/mol. The summed E-state index contributed by atoms with van der Waals surface area (Å²) in [7, 11) is 2.99. The van der Waals surface area contributed by atoms with Gasteiger partial charge in [-0.1, -0.05) is 24.3 Å². The summed E-state index contributed by atoms with van der Waals surface area (Å²) in [6, 6.07) is 8.11. The van der Waals surface area contributed by atoms with Gasteiger partial charge in [-0.05, 0) is 49.0 Å². The minimum Gasteiger partial charge on any atom is -0.507 e. The summed E-state index contributed by atoms with van der Waals surface area (Å²) in [5, 5.41) is 45.6. The SMILES string of the molecule is CN(C)[C@@H]1C(O)C(C(N)=O)C(=O)[C@@]2(O)C(=O)C3C(=O)c4c(O)cccc4/C(=C\c4ccc5c(c4)OCO5)[C@H]3[C@H](O)[C@@H]12. The van der Waals surface area contributed by atoms with Crippen LogP contribution in [0.4, 0.5) is 0 Å². The standard InChI is InChI=1S/C29H28N2O10/c1-31(2)22-21-24(34)18-13(8-11-6-7-15-16(9-11)41-10-40-15)12-4-3-5-14(32)17(12)23(33)19(18)26(36)29(21,39)27(37)20(25(22)35)28(30)38/h3-9,18-22,24-25,32,34-35,39H,10H2,1-2H3,(H2,30,38)/b13-8+/t18-,19?,20?,21-,22+,24+,25?,29+/m1/s1. The van der Waals surface area contributed by atoms with Gasteiger partial charge < -0.3 is 40.5 Å². The lowest BCUT2D eigenvalue weighted by Crippen LogP contribution is -2.78. The second-order valence-electron chi connectivity index (χ2n) is 11.1. The first kappa shape index (κ1) is 27.1. The van der Waals surface area contributed by atoms with Gasteiger partial charge in [-0.3, -0.25) is 19.2 Å². The van der Waals surface area contributed by atoms with Crippen molar-refractivity contribution < 1.29 is 49.1 Å². The van der Waals surface area contributed by atoms with Crippen LogP contribution in [0.25, 0.3) is 11.6 Å². The van der Waals surface area contributed by atoms with Crippen LogP contribution in [0, 0.1) is 23.7 Å². The van der Waals surface area contributed by atoms with E-state index in [9.17, 15) is 39.6 Å². The molecule has 2 fully saturated rings. The highest BCUT2D eigenvalue weighted by Crippen LogP contribution is 2.55. The molecule has 3 unspecified atom stereocenters. The van der Waals surface area contributed by atoms with Crippen LogP contribution in [-0.4, -0.2) is 93.3 Å². The zero-order valence-electron chi connectivity index (χ0n) is 22.1. The fourth-order valence-electron chi connectivity index (χ4n) is 7.07. The van der Waals surface area contributed by atoms with Crippen molar-refractivity contribution in [2.24, 2.45) is 29.4 Å². The monoisotopic (exact) mass is 564 g/mol. The number of benzene rings is 2. The van der Waals surface area contributed by atoms with Crippen molar-refractivity contribution in [2.45, 2.75) is 23.9 Å². The Bertz CT molecular complexity index is 1550. The summed E-state index contributed by atoms with van der Waals surface area (Å²) in [5.74, 6) is -10.9. The Morgan fingerprint density at radius 1 is 1.05 bits per heavy atom. The van der Waals surface area contributed by atoms with Gasteiger partial charge in [-0.15, -0.1) is 0 Å². The lowest BCUT2D eigenvalue weighted by atomic mass is 9.50. The quantitative estimate of drug-likeness (QED) is 0.297. The van der Waals surface area contributed by atoms with Gasteiger partial charge in [0.2, 0.25) is 12.7 Å². The number of phenols is 1. The second-order valence-corrected chi connectivity index (χ2v) is 11.1. The number of carbonyl (C=O) groups excluding carboxylic acids is 4. The topological polar surface area (TPSA) is 197 Å². The first-order valence-electron chi connectivity index (χ1n) is 13.0. The zero-order valence-corrected chi connectivity index (χ0v) is 22.1. The van der Waals surface area contributed by atoms with E-state index in [1.54, 1.807) is 30.3 Å². The van der Waals surface area contributed by atoms with Gasteiger partial charge in [0.1, 0.15) is 11.7 Å². The summed E-state index contributed by atoms with van der Waals surface area (Å²) in [6.07, 6.45) is -1.86. The number of aromatic hydroxyl groups is 1. The van der Waals surface area contributed by atoms with Crippen LogP contribution in [0.5, 0.6) is 17.2 Å². The van der Waals surface area contributed by atoms with Gasteiger partial charge in [-0.2, -0.15) is 0 Å². The first-order chi connectivity index (χ1) is 19.4. The number of ketones is 3. The van der Waals surface area contributed by atoms with E-state index >= 15 is 0 Å². The van der Waals surface area contributed by atoms with E-state index in [-0.39, 0.29) is 17.9 Å². The molecular formula is C29H28N2O10. The van der Waals surface area contributed by atoms with Crippen LogP contribution in [-0.2, 0) is 14.4 Å². The molecule has 0 aromatic heterocycles. The summed E-state index contributed by atoms with van der Waals surface area (Å²) < 4.78 is 10.8. The summed E-state index contributed by atoms with van der Waals surface area (Å²) in [5.41, 5.74) is 3.29. The number of fused-ring (bicyclic) bond motifs is 4. The molecule has 2 aromatic carbocycles. The first-order valence-corrected chi connectivity index (χ1v) is 13.0. The van der Waals surface area contributed by atoms with E-state index < -0.39 is 76.5 Å². The second kappa shape index (κ2) is 9.21. The number of aliphatic hydroxyl groups excluding tert-OH is 2. The number of ether oxygens (including phenoxy) is 2. The van der Waals surface area contributed by atoms with Crippen molar-refractivity contribution in [1.82, 2.24) is 4.90 Å². The molecule has 214 valence electrons. The number of rotatable bonds is 3. The van der Waals surface area contributed by atoms with Gasteiger partial charge in [0.05, 0.1) is 23.7 Å². The Morgan fingerprint density at radius 3 is 2.44 bits per heavy atom. The Kier molecular flexibility index (Phi) is 6.09. The highest BCUT2D eigenvalue weighted by Gasteiger charge is 2.72. The lowest BCUT2D eigenvalue weighted by molar-refractivity contribution is -0.204. The molecule has 41 heavy (non-hydrogen) atoms. The van der Waals surface area contributed by atoms with Gasteiger partial charge >= 0.3 is 0 Å². The maximum atomic E-state index is 14.2. The van der Waals surface area contributed by atoms with Crippen molar-refractivity contribution >= 4 is 34.9 Å². The molecule has 3 aliphatic carbocycles. The lowest BCUT2D eigenvalue weighted by Gasteiger charge is -2.57. The van der Waals surface area contributed by atoms with E-state index in [4.69, 9.17) is 15.2 Å². The van der Waals surface area contributed by atoms with Crippen LogP contribution in [0.1, 0.15) is 21.5 Å². The van der Waals surface area contributed by atoms with Gasteiger partial charge in [0, 0.05) is 17.9 Å². The predicted molar refractivity (Wildman–Crippen MR) is 140 cm³/mol. The molecule has 6 rings (SSSR count). The summed E-state index contributed by atoms with van der Waals surface area (Å²) >= 11 is 0. The molecule has 0 spiro atoms. The number of hydrogen-bond acceptors (Lipinski definition) is 11. The van der Waals surface area contributed by atoms with Crippen LogP contribution >= 0.6 is 0 Å². The van der Waals surface area contributed by atoms with Crippen LogP contribution in [0.3, 0.4) is 0 Å². The fourth-order valence-corrected chi connectivity index (χ4v) is 7.07. The van der Waals surface area contributed by atoms with E-state index in [2.05, 4.69) is 0 Å². The fraction of sp³-hybridized carbons (Fsp3) is 0.379. The van der Waals surface area contributed by atoms with Crippen LogP contribution in [0.2, 0.25) is 0 Å². The van der Waals surface area contributed by atoms with Crippen molar-refractivity contribution in [3.63, 3.8) is 0 Å². The molecule has 1 amide bonds. The maximum Gasteiger partial charge on any atom is 0.231 e. The van der Waals surface area contributed by atoms with E-state index in [0.717, 1.165) is 0 Å². The highest BCUT2D eigenvalue weighted by molar-refractivity contribution is 6.27.